The first-order chi connectivity index (χ1) is 36.6. The summed E-state index contributed by atoms with van der Waals surface area (Å²) in [6, 6.07) is 0.449. The lowest BCUT2D eigenvalue weighted by molar-refractivity contribution is -0.138. The molecule has 4 saturated heterocycles. The number of carbonyl (C=O) groups excluding carboxylic acids is 3. The zero-order valence-electron chi connectivity index (χ0n) is 44.2. The molecule has 10 atom stereocenters. The number of urea groups is 1. The number of imidazole rings is 2. The minimum atomic E-state index is -1.45. The lowest BCUT2D eigenvalue weighted by atomic mass is 9.90. The number of nitrogens with zero attached hydrogens (tertiary/aromatic N) is 12. The lowest BCUT2D eigenvalue weighted by Crippen LogP contribution is -2.49. The molecule has 6 fully saturated rings. The highest BCUT2D eigenvalue weighted by molar-refractivity contribution is 5.86. The number of aliphatic hydroxyl groups excluding tert-OH is 4. The van der Waals surface area contributed by atoms with Crippen molar-refractivity contribution in [3.05, 3.63) is 12.7 Å². The van der Waals surface area contributed by atoms with Crippen LogP contribution in [0.25, 0.3) is 22.3 Å². The number of nitrogens with one attached hydrogen (secondary N) is 6. The Balaban J connectivity index is 0.755. The third kappa shape index (κ3) is 10.9. The molecule has 10 N–H and O–H groups in total. The van der Waals surface area contributed by atoms with Crippen molar-refractivity contribution in [1.82, 2.24) is 70.1 Å². The molecular formula is C49H76N18O9. The molecule has 4 aromatic rings. The van der Waals surface area contributed by atoms with E-state index in [1.54, 1.807) is 23.0 Å². The summed E-state index contributed by atoms with van der Waals surface area (Å²) in [7, 11) is 8.22. The minimum absolute atomic E-state index is 0.0229. The van der Waals surface area contributed by atoms with Gasteiger partial charge in [-0.15, -0.1) is 0 Å². The van der Waals surface area contributed by atoms with Gasteiger partial charge in [0.1, 0.15) is 24.4 Å². The van der Waals surface area contributed by atoms with Gasteiger partial charge >= 0.3 is 6.03 Å². The maximum atomic E-state index is 13.5. The molecule has 76 heavy (non-hydrogen) atoms. The lowest BCUT2D eigenvalue weighted by Gasteiger charge is -2.32. The second-order valence-electron chi connectivity index (χ2n) is 21.7. The Hall–Kier alpha value is -5.81. The number of fused-ring (bicyclic) bond motifs is 2. The van der Waals surface area contributed by atoms with E-state index in [9.17, 15) is 34.8 Å². The van der Waals surface area contributed by atoms with Gasteiger partial charge in [-0.25, -0.2) is 14.8 Å². The van der Waals surface area contributed by atoms with Crippen LogP contribution in [0.4, 0.5) is 28.3 Å². The van der Waals surface area contributed by atoms with Gasteiger partial charge < -0.3 is 81.4 Å². The van der Waals surface area contributed by atoms with Crippen LogP contribution in [0.2, 0.25) is 0 Å². The average molecular weight is 1060 g/mol. The summed E-state index contributed by atoms with van der Waals surface area (Å²) in [4.78, 5) is 76.8. The largest absolute Gasteiger partial charge is 0.387 e. The number of aliphatic hydroxyl groups is 4. The highest BCUT2D eigenvalue weighted by Crippen LogP contribution is 2.37. The summed E-state index contributed by atoms with van der Waals surface area (Å²) in [5.74, 6) is 1.05. The van der Waals surface area contributed by atoms with E-state index in [4.69, 9.17) is 29.4 Å². The van der Waals surface area contributed by atoms with E-state index in [1.807, 2.05) is 0 Å². The van der Waals surface area contributed by atoms with Crippen molar-refractivity contribution in [2.75, 3.05) is 87.9 Å². The van der Waals surface area contributed by atoms with Crippen molar-refractivity contribution in [3.63, 3.8) is 0 Å². The van der Waals surface area contributed by atoms with E-state index in [-0.39, 0.29) is 30.2 Å². The SMILES string of the molecule is CCNC(=O)[C@H]1O[C@@H](n2cnc3c(N[C@H]4CC[C@H](NC(=O)N[C@H]5CC[C@H](Nc6nc(N7CC[C@@H](N(C)C)C7)nc7c6ncn7[C@@H]6O[C@H](C(=O)NCC)[C@@H](O)[C@H]6O)CC5)CC4)nc(N4CC[C@@H](N(C)C)C4)nc32)[C@H](O)[C@@H]1O. The summed E-state index contributed by atoms with van der Waals surface area (Å²) in [6.07, 6.45) is 0.434. The maximum Gasteiger partial charge on any atom is 0.315 e. The molecule has 2 saturated carbocycles. The number of hydrogen-bond acceptors (Lipinski definition) is 21. The van der Waals surface area contributed by atoms with Crippen LogP contribution in [-0.4, -0.2) is 227 Å². The molecule has 416 valence electrons. The minimum Gasteiger partial charge on any atom is -0.387 e. The Morgan fingerprint density at radius 1 is 0.566 bits per heavy atom. The van der Waals surface area contributed by atoms with E-state index in [0.29, 0.717) is 71.0 Å². The van der Waals surface area contributed by atoms with E-state index in [2.05, 4.69) is 89.7 Å². The van der Waals surface area contributed by atoms with Crippen molar-refractivity contribution >= 4 is 63.7 Å². The first-order valence-electron chi connectivity index (χ1n) is 27.1. The van der Waals surface area contributed by atoms with Crippen LogP contribution in [0.1, 0.15) is 90.5 Å². The summed E-state index contributed by atoms with van der Waals surface area (Å²) < 4.78 is 15.1. The first-order valence-corrected chi connectivity index (χ1v) is 27.1. The Morgan fingerprint density at radius 2 is 0.947 bits per heavy atom. The van der Waals surface area contributed by atoms with Gasteiger partial charge in [-0.05, 0) is 106 Å². The molecule has 0 spiro atoms. The molecule has 4 amide bonds. The molecule has 0 radical (unpaired) electrons. The van der Waals surface area contributed by atoms with Crippen LogP contribution < -0.4 is 41.7 Å². The zero-order chi connectivity index (χ0) is 53.5. The van der Waals surface area contributed by atoms with E-state index >= 15 is 0 Å². The van der Waals surface area contributed by atoms with Crippen molar-refractivity contribution in [1.29, 1.82) is 0 Å². The standard InChI is InChI=1S/C49H76N18O9/c1-7-50-43(72)37-33(68)35(70)45(75-37)66-23-52-31-39(58-47(60-41(31)66)64-19-17-29(21-64)62(3)4)54-25-9-13-27(14-10-25)56-49(74)57-28-15-11-26(12-16-28)55-40-32-42(61-48(59-40)65-20-18-30(22-65)63(5)6)67(24-53-32)46-36(71)34(69)38(76-46)44(73)51-8-2/h23-30,33-38,45-46,68-71H,7-22H2,1-6H3,(H,50,72)(H,51,73)(H,54,58,60)(H,55,59,61)(H2,56,57,74)/t25-,26-,27-,28-,29-,30-,33+,34+,35-,36-,37+,38+,45-,46-/m1/s1. The number of aromatic nitrogens is 8. The van der Waals surface area contributed by atoms with E-state index in [0.717, 1.165) is 90.4 Å². The fraction of sp³-hybridized carbons (Fsp3) is 0.735. The van der Waals surface area contributed by atoms with Gasteiger partial charge in [-0.2, -0.15) is 19.9 Å². The Bertz CT molecular complexity index is 2510. The maximum absolute atomic E-state index is 13.5. The van der Waals surface area contributed by atoms with Gasteiger partial charge in [-0.1, -0.05) is 0 Å². The van der Waals surface area contributed by atoms with Crippen molar-refractivity contribution in [3.8, 4) is 0 Å². The number of rotatable bonds is 16. The van der Waals surface area contributed by atoms with Crippen molar-refractivity contribution < 1.29 is 44.3 Å². The normalized spacial score (nSPS) is 31.9. The summed E-state index contributed by atoms with van der Waals surface area (Å²) in [6.45, 7) is 7.17. The molecule has 0 aromatic carbocycles. The number of amides is 4. The number of anilines is 4. The molecule has 8 heterocycles. The Kier molecular flexibility index (Phi) is 16.0. The topological polar surface area (TPSA) is 323 Å². The van der Waals surface area contributed by atoms with Gasteiger partial charge in [0.2, 0.25) is 11.9 Å². The molecule has 27 nitrogen and oxygen atoms in total. The third-order valence-electron chi connectivity index (χ3n) is 16.2. The van der Waals surface area contributed by atoms with Gasteiger partial charge in [0.15, 0.2) is 58.6 Å². The van der Waals surface area contributed by atoms with Gasteiger partial charge in [0, 0.05) is 75.5 Å². The molecule has 27 heteroatoms. The second kappa shape index (κ2) is 22.6. The molecule has 0 unspecified atom stereocenters. The first kappa shape index (κ1) is 53.6. The predicted molar refractivity (Wildman–Crippen MR) is 279 cm³/mol. The van der Waals surface area contributed by atoms with Crippen LogP contribution in [0.5, 0.6) is 0 Å². The van der Waals surface area contributed by atoms with Gasteiger partial charge in [0.25, 0.3) is 11.8 Å². The quantitative estimate of drug-likeness (QED) is 0.0657. The Labute approximate surface area is 440 Å². The number of carbonyl (C=O) groups is 3. The predicted octanol–water partition coefficient (Wildman–Crippen LogP) is -0.797. The number of ether oxygens (including phenoxy) is 2. The fourth-order valence-corrected chi connectivity index (χ4v) is 11.7. The monoisotopic (exact) mass is 1060 g/mol. The summed E-state index contributed by atoms with van der Waals surface area (Å²) in [5, 5.41) is 63.0. The molecule has 4 aromatic heterocycles. The number of hydrogen-bond donors (Lipinski definition) is 10. The highest BCUT2D eigenvalue weighted by Gasteiger charge is 2.49. The molecule has 6 aliphatic rings. The third-order valence-corrected chi connectivity index (χ3v) is 16.2. The molecule has 10 rings (SSSR count). The summed E-state index contributed by atoms with van der Waals surface area (Å²) in [5.41, 5.74) is 1.75. The van der Waals surface area contributed by atoms with Crippen molar-refractivity contribution in [2.45, 2.75) is 163 Å². The molecule has 2 aliphatic carbocycles. The zero-order valence-corrected chi connectivity index (χ0v) is 44.2. The van der Waals surface area contributed by atoms with Crippen LogP contribution in [0.15, 0.2) is 12.7 Å². The second-order valence-corrected chi connectivity index (χ2v) is 21.7. The van der Waals surface area contributed by atoms with Gasteiger partial charge in [-0.3, -0.25) is 18.7 Å². The molecular weight excluding hydrogens is 985 g/mol. The molecule has 4 aliphatic heterocycles. The Morgan fingerprint density at radius 3 is 1.30 bits per heavy atom. The average Bonchev–Trinajstić information content (AvgIpc) is 4.28. The van der Waals surface area contributed by atoms with Crippen LogP contribution >= 0.6 is 0 Å². The van der Waals surface area contributed by atoms with Crippen molar-refractivity contribution in [2.24, 2.45) is 0 Å². The summed E-state index contributed by atoms with van der Waals surface area (Å²) >= 11 is 0. The fourth-order valence-electron chi connectivity index (χ4n) is 11.7. The van der Waals surface area contributed by atoms with E-state index < -0.39 is 60.9 Å². The van der Waals surface area contributed by atoms with Crippen LogP contribution in [0, 0.1) is 0 Å². The van der Waals surface area contributed by atoms with Crippen LogP contribution in [0.3, 0.4) is 0 Å². The smallest absolute Gasteiger partial charge is 0.315 e. The molecule has 0 bridgehead atoms. The van der Waals surface area contributed by atoms with E-state index in [1.165, 1.54) is 12.7 Å². The van der Waals surface area contributed by atoms with Crippen LogP contribution in [-0.2, 0) is 19.1 Å². The highest BCUT2D eigenvalue weighted by atomic mass is 16.6. The van der Waals surface area contributed by atoms with Gasteiger partial charge in [0.05, 0.1) is 12.7 Å². The number of likely N-dealkylation sites (N-methyl/N-ethyl adjacent to an activating group) is 4.